The van der Waals surface area contributed by atoms with Gasteiger partial charge < -0.3 is 4.90 Å². The van der Waals surface area contributed by atoms with Crippen molar-refractivity contribution < 1.29 is 14.4 Å². The van der Waals surface area contributed by atoms with Gasteiger partial charge >= 0.3 is 0 Å². The summed E-state index contributed by atoms with van der Waals surface area (Å²) in [4.78, 5) is 43.2. The van der Waals surface area contributed by atoms with Gasteiger partial charge in [-0.05, 0) is 30.5 Å². The average molecular weight is 418 g/mol. The first-order valence-electron chi connectivity index (χ1n) is 10.6. The van der Waals surface area contributed by atoms with E-state index in [1.165, 1.54) is 10.5 Å². The molecule has 29 heavy (non-hydrogen) atoms. The third kappa shape index (κ3) is 4.48. The normalized spacial score (nSPS) is 25.4. The lowest BCUT2D eigenvalue weighted by Crippen LogP contribution is -2.49. The summed E-state index contributed by atoms with van der Waals surface area (Å²) in [6.07, 6.45) is 3.90. The van der Waals surface area contributed by atoms with Crippen molar-refractivity contribution in [1.82, 2.24) is 14.7 Å². The largest absolute Gasteiger partial charge is 0.340 e. The molecule has 1 saturated carbocycles. The Bertz CT molecular complexity index is 767. The fourth-order valence-electron chi connectivity index (χ4n) is 4.87. The Morgan fingerprint density at radius 3 is 2.28 bits per heavy atom. The molecule has 0 aromatic heterocycles. The van der Waals surface area contributed by atoms with Crippen molar-refractivity contribution in [3.63, 3.8) is 0 Å². The van der Waals surface area contributed by atoms with Crippen LogP contribution in [0.3, 0.4) is 0 Å². The van der Waals surface area contributed by atoms with E-state index in [1.807, 2.05) is 23.1 Å². The number of piperazine rings is 1. The monoisotopic (exact) mass is 417 g/mol. The summed E-state index contributed by atoms with van der Waals surface area (Å²) in [6.45, 7) is 4.02. The smallest absolute Gasteiger partial charge is 0.233 e. The molecule has 6 nitrogen and oxygen atoms in total. The standard InChI is InChI=1S/C22H28ClN3O3/c23-17-5-3-4-16(14-17)15-24-10-12-25(13-11-24)20(27)8-9-26-21(28)18-6-1-2-7-19(18)22(26)29/h3-5,14,18-19H,1-2,6-13,15H2/t18-,19-/m0/s1. The first kappa shape index (κ1) is 20.4. The molecule has 0 bridgehead atoms. The topological polar surface area (TPSA) is 60.9 Å². The van der Waals surface area contributed by atoms with Gasteiger partial charge in [-0.3, -0.25) is 24.2 Å². The van der Waals surface area contributed by atoms with Crippen LogP contribution in [-0.4, -0.2) is 65.1 Å². The van der Waals surface area contributed by atoms with E-state index in [2.05, 4.69) is 11.0 Å². The molecule has 2 aliphatic heterocycles. The maximum absolute atomic E-state index is 12.6. The maximum atomic E-state index is 12.6. The molecule has 156 valence electrons. The van der Waals surface area contributed by atoms with Gasteiger partial charge in [0.1, 0.15) is 0 Å². The molecular formula is C22H28ClN3O3. The Labute approximate surface area is 176 Å². The van der Waals surface area contributed by atoms with Crippen LogP contribution in [0.5, 0.6) is 0 Å². The Morgan fingerprint density at radius 2 is 1.66 bits per heavy atom. The van der Waals surface area contributed by atoms with Crippen molar-refractivity contribution in [1.29, 1.82) is 0 Å². The predicted octanol–water partition coefficient (Wildman–Crippen LogP) is 2.55. The molecular weight excluding hydrogens is 390 g/mol. The molecule has 0 N–H and O–H groups in total. The van der Waals surface area contributed by atoms with E-state index in [0.29, 0.717) is 13.1 Å². The van der Waals surface area contributed by atoms with Crippen LogP contribution in [-0.2, 0) is 20.9 Å². The van der Waals surface area contributed by atoms with Crippen LogP contribution in [0.15, 0.2) is 24.3 Å². The third-order valence-corrected chi connectivity index (χ3v) is 6.74. The summed E-state index contributed by atoms with van der Waals surface area (Å²) in [6, 6.07) is 7.85. The Balaban J connectivity index is 1.24. The number of carbonyl (C=O) groups excluding carboxylic acids is 3. The van der Waals surface area contributed by atoms with Gasteiger partial charge in [0, 0.05) is 50.7 Å². The molecule has 1 aliphatic carbocycles. The fraction of sp³-hybridized carbons (Fsp3) is 0.591. The first-order chi connectivity index (χ1) is 14.0. The van der Waals surface area contributed by atoms with Gasteiger partial charge in [-0.15, -0.1) is 0 Å². The summed E-state index contributed by atoms with van der Waals surface area (Å²) < 4.78 is 0. The van der Waals surface area contributed by atoms with Crippen molar-refractivity contribution >= 4 is 29.3 Å². The number of hydrogen-bond acceptors (Lipinski definition) is 4. The maximum Gasteiger partial charge on any atom is 0.233 e. The van der Waals surface area contributed by atoms with Crippen LogP contribution >= 0.6 is 11.6 Å². The average Bonchev–Trinajstić information content (AvgIpc) is 2.97. The molecule has 1 aromatic carbocycles. The fourth-order valence-corrected chi connectivity index (χ4v) is 5.08. The molecule has 0 unspecified atom stereocenters. The van der Waals surface area contributed by atoms with Gasteiger partial charge in [-0.1, -0.05) is 36.6 Å². The highest BCUT2D eigenvalue weighted by Crippen LogP contribution is 2.38. The van der Waals surface area contributed by atoms with Crippen molar-refractivity contribution in [2.24, 2.45) is 11.8 Å². The summed E-state index contributed by atoms with van der Waals surface area (Å²) in [7, 11) is 0. The Morgan fingerprint density at radius 1 is 1.00 bits per heavy atom. The molecule has 3 fully saturated rings. The minimum atomic E-state index is -0.138. The van der Waals surface area contributed by atoms with E-state index in [9.17, 15) is 14.4 Å². The van der Waals surface area contributed by atoms with Crippen LogP contribution in [0.25, 0.3) is 0 Å². The highest BCUT2D eigenvalue weighted by Gasteiger charge is 2.47. The predicted molar refractivity (Wildman–Crippen MR) is 110 cm³/mol. The van der Waals surface area contributed by atoms with E-state index in [0.717, 1.165) is 50.3 Å². The van der Waals surface area contributed by atoms with E-state index >= 15 is 0 Å². The minimum Gasteiger partial charge on any atom is -0.340 e. The summed E-state index contributed by atoms with van der Waals surface area (Å²) in [5.41, 5.74) is 1.17. The molecule has 0 spiro atoms. The molecule has 3 aliphatic rings. The second kappa shape index (κ2) is 8.84. The second-order valence-electron chi connectivity index (χ2n) is 8.36. The number of nitrogens with zero attached hydrogens (tertiary/aromatic N) is 3. The summed E-state index contributed by atoms with van der Waals surface area (Å²) >= 11 is 6.05. The van der Waals surface area contributed by atoms with Gasteiger partial charge in [-0.25, -0.2) is 0 Å². The van der Waals surface area contributed by atoms with E-state index in [4.69, 9.17) is 11.6 Å². The highest BCUT2D eigenvalue weighted by molar-refractivity contribution is 6.30. The van der Waals surface area contributed by atoms with Gasteiger partial charge in [0.2, 0.25) is 17.7 Å². The number of halogens is 1. The van der Waals surface area contributed by atoms with E-state index < -0.39 is 0 Å². The van der Waals surface area contributed by atoms with Gasteiger partial charge in [0.25, 0.3) is 0 Å². The van der Waals surface area contributed by atoms with Crippen LogP contribution in [0, 0.1) is 11.8 Å². The molecule has 0 radical (unpaired) electrons. The quantitative estimate of drug-likeness (QED) is 0.691. The lowest BCUT2D eigenvalue weighted by atomic mass is 9.81. The van der Waals surface area contributed by atoms with Crippen molar-refractivity contribution in [3.05, 3.63) is 34.9 Å². The van der Waals surface area contributed by atoms with Crippen molar-refractivity contribution in [2.75, 3.05) is 32.7 Å². The van der Waals surface area contributed by atoms with E-state index in [1.54, 1.807) is 0 Å². The SMILES string of the molecule is O=C(CCN1C(=O)[C@H]2CCCC[C@@H]2C1=O)N1CCN(Cc2cccc(Cl)c2)CC1. The molecule has 1 aromatic rings. The van der Waals surface area contributed by atoms with Crippen LogP contribution in [0.2, 0.25) is 5.02 Å². The summed E-state index contributed by atoms with van der Waals surface area (Å²) in [5, 5.41) is 0.738. The lowest BCUT2D eigenvalue weighted by molar-refractivity contribution is -0.141. The lowest BCUT2D eigenvalue weighted by Gasteiger charge is -2.35. The van der Waals surface area contributed by atoms with Crippen LogP contribution in [0.1, 0.15) is 37.7 Å². The second-order valence-corrected chi connectivity index (χ2v) is 8.80. The zero-order valence-corrected chi connectivity index (χ0v) is 17.4. The molecule has 2 atom stereocenters. The summed E-state index contributed by atoms with van der Waals surface area (Å²) in [5.74, 6) is -0.358. The van der Waals surface area contributed by atoms with Gasteiger partial charge in [0.15, 0.2) is 0 Å². The van der Waals surface area contributed by atoms with Gasteiger partial charge in [0.05, 0.1) is 11.8 Å². The molecule has 2 saturated heterocycles. The van der Waals surface area contributed by atoms with Crippen molar-refractivity contribution in [3.8, 4) is 0 Å². The van der Waals surface area contributed by atoms with Gasteiger partial charge in [-0.2, -0.15) is 0 Å². The molecule has 3 amide bonds. The number of hydrogen-bond donors (Lipinski definition) is 0. The molecule has 2 heterocycles. The Kier molecular flexibility index (Phi) is 6.20. The number of fused-ring (bicyclic) bond motifs is 1. The third-order valence-electron chi connectivity index (χ3n) is 6.50. The zero-order valence-electron chi connectivity index (χ0n) is 16.7. The van der Waals surface area contributed by atoms with Crippen molar-refractivity contribution in [2.45, 2.75) is 38.6 Å². The van der Waals surface area contributed by atoms with Crippen LogP contribution < -0.4 is 0 Å². The first-order valence-corrected chi connectivity index (χ1v) is 11.0. The number of benzene rings is 1. The number of carbonyl (C=O) groups is 3. The minimum absolute atomic E-state index is 0.0304. The zero-order chi connectivity index (χ0) is 20.4. The van der Waals surface area contributed by atoms with Crippen LogP contribution in [0.4, 0.5) is 0 Å². The van der Waals surface area contributed by atoms with E-state index in [-0.39, 0.29) is 42.5 Å². The Hall–Kier alpha value is -1.92. The molecule has 7 heteroatoms. The number of amides is 3. The molecule has 4 rings (SSSR count). The number of likely N-dealkylation sites (tertiary alicyclic amines) is 1. The number of imide groups is 1. The highest BCUT2D eigenvalue weighted by atomic mass is 35.5. The number of rotatable bonds is 5.